The minimum atomic E-state index is -3.49. The summed E-state index contributed by atoms with van der Waals surface area (Å²) in [5.74, 6) is 0.770. The van der Waals surface area contributed by atoms with Crippen LogP contribution in [0.4, 0.5) is 0 Å². The van der Waals surface area contributed by atoms with E-state index < -0.39 is 10.0 Å². The van der Waals surface area contributed by atoms with Crippen LogP contribution in [0.2, 0.25) is 5.02 Å². The zero-order valence-electron chi connectivity index (χ0n) is 13.6. The Kier molecular flexibility index (Phi) is 5.40. The fraction of sp³-hybridized carbons (Fsp3) is 0.444. The van der Waals surface area contributed by atoms with Gasteiger partial charge in [-0.25, -0.2) is 8.42 Å². The van der Waals surface area contributed by atoms with Gasteiger partial charge in [0.15, 0.2) is 0 Å². The summed E-state index contributed by atoms with van der Waals surface area (Å²) in [5.41, 5.74) is 0.617. The molecule has 130 valence electrons. The maximum Gasteiger partial charge on any atom is 0.243 e. The van der Waals surface area contributed by atoms with Gasteiger partial charge in [-0.3, -0.25) is 0 Å². The molecule has 1 saturated heterocycles. The smallest absolute Gasteiger partial charge is 0.207 e. The number of piperidine rings is 1. The molecule has 2 aliphatic rings. The zero-order valence-corrected chi connectivity index (χ0v) is 15.9. The number of benzene rings is 1. The Morgan fingerprint density at radius 3 is 2.54 bits per heavy atom. The van der Waals surface area contributed by atoms with E-state index in [0.717, 1.165) is 24.3 Å². The summed E-state index contributed by atoms with van der Waals surface area (Å²) in [4.78, 5) is 0.314. The summed E-state index contributed by atoms with van der Waals surface area (Å²) in [7, 11) is -3.49. The van der Waals surface area contributed by atoms with Gasteiger partial charge in [-0.05, 0) is 49.3 Å². The second-order valence-electron chi connectivity index (χ2n) is 6.43. The molecule has 0 aromatic heterocycles. The third-order valence-electron chi connectivity index (χ3n) is 4.92. The number of allylic oxidation sites excluding steroid dienone is 4. The minimum Gasteiger partial charge on any atom is -0.207 e. The fourth-order valence-electron chi connectivity index (χ4n) is 3.47. The van der Waals surface area contributed by atoms with Crippen molar-refractivity contribution in [1.82, 2.24) is 4.31 Å². The van der Waals surface area contributed by atoms with Crippen LogP contribution < -0.4 is 0 Å². The lowest BCUT2D eigenvalue weighted by molar-refractivity contribution is 0.249. The molecule has 1 fully saturated rings. The second kappa shape index (κ2) is 7.20. The molecule has 24 heavy (non-hydrogen) atoms. The molecule has 3 rings (SSSR count). The lowest BCUT2D eigenvalue weighted by atomic mass is 9.83. The average Bonchev–Trinajstić information content (AvgIpc) is 2.57. The molecule has 1 aromatic carbocycles. The van der Waals surface area contributed by atoms with Crippen molar-refractivity contribution in [2.45, 2.75) is 31.1 Å². The van der Waals surface area contributed by atoms with Crippen LogP contribution in [0.1, 0.15) is 24.8 Å². The van der Waals surface area contributed by atoms with E-state index in [-0.39, 0.29) is 0 Å². The summed E-state index contributed by atoms with van der Waals surface area (Å²) in [6, 6.07) is 5.04. The van der Waals surface area contributed by atoms with E-state index >= 15 is 0 Å². The van der Waals surface area contributed by atoms with Gasteiger partial charge in [0.1, 0.15) is 0 Å². The van der Waals surface area contributed by atoms with Gasteiger partial charge < -0.3 is 0 Å². The van der Waals surface area contributed by atoms with E-state index in [9.17, 15) is 8.42 Å². The maximum absolute atomic E-state index is 12.9. The van der Waals surface area contributed by atoms with E-state index in [1.54, 1.807) is 29.4 Å². The highest BCUT2D eigenvalue weighted by molar-refractivity contribution is 7.89. The lowest BCUT2D eigenvalue weighted by Crippen LogP contribution is -2.40. The first-order valence-electron chi connectivity index (χ1n) is 8.17. The van der Waals surface area contributed by atoms with Crippen molar-refractivity contribution in [3.63, 3.8) is 0 Å². The minimum absolute atomic E-state index is 0.314. The van der Waals surface area contributed by atoms with Gasteiger partial charge in [-0.15, -0.1) is 0 Å². The molecule has 0 radical (unpaired) electrons. The molecule has 1 unspecified atom stereocenters. The standard InChI is InChI=1S/C18H21Cl2NO2S/c1-13-17(20)6-3-7-18(13)24(22,23)21-10-8-14(9-11-21)15-4-2-5-16(19)12-15/h2-4,6-7,12,14-15H,5,8-11H2,1H3. The second-order valence-corrected chi connectivity index (χ2v) is 9.23. The molecule has 1 aliphatic heterocycles. The Morgan fingerprint density at radius 1 is 1.17 bits per heavy atom. The van der Waals surface area contributed by atoms with Crippen molar-refractivity contribution in [2.24, 2.45) is 11.8 Å². The number of halogens is 2. The Hall–Kier alpha value is -0.810. The van der Waals surface area contributed by atoms with Crippen LogP contribution in [0.3, 0.4) is 0 Å². The first-order chi connectivity index (χ1) is 11.4. The number of nitrogens with zero attached hydrogens (tertiary/aromatic N) is 1. The van der Waals surface area contributed by atoms with Crippen LogP contribution in [-0.4, -0.2) is 25.8 Å². The van der Waals surface area contributed by atoms with Crippen molar-refractivity contribution < 1.29 is 8.42 Å². The molecule has 1 aromatic rings. The molecule has 6 heteroatoms. The highest BCUT2D eigenvalue weighted by Crippen LogP contribution is 2.34. The maximum atomic E-state index is 12.9. The van der Waals surface area contributed by atoms with Crippen molar-refractivity contribution in [3.05, 3.63) is 52.0 Å². The third kappa shape index (κ3) is 3.57. The Labute approximate surface area is 154 Å². The van der Waals surface area contributed by atoms with E-state index in [0.29, 0.717) is 40.4 Å². The molecule has 3 nitrogen and oxygen atoms in total. The summed E-state index contributed by atoms with van der Waals surface area (Å²) in [6.45, 7) is 2.82. The van der Waals surface area contributed by atoms with Crippen molar-refractivity contribution in [2.75, 3.05) is 13.1 Å². The molecule has 0 saturated carbocycles. The summed E-state index contributed by atoms with van der Waals surface area (Å²) in [5, 5.41) is 1.37. The summed E-state index contributed by atoms with van der Waals surface area (Å²) < 4.78 is 27.4. The van der Waals surface area contributed by atoms with E-state index in [2.05, 4.69) is 18.2 Å². The van der Waals surface area contributed by atoms with Gasteiger partial charge in [0.25, 0.3) is 0 Å². The normalized spacial score (nSPS) is 23.3. The molecule has 0 amide bonds. The van der Waals surface area contributed by atoms with Crippen LogP contribution in [-0.2, 0) is 10.0 Å². The molecule has 1 aliphatic carbocycles. The highest BCUT2D eigenvalue weighted by atomic mass is 35.5. The average molecular weight is 386 g/mol. The van der Waals surface area contributed by atoms with Gasteiger partial charge in [0, 0.05) is 29.6 Å². The van der Waals surface area contributed by atoms with Crippen LogP contribution in [0.5, 0.6) is 0 Å². The monoisotopic (exact) mass is 385 g/mol. The predicted octanol–water partition coefficient (Wildman–Crippen LogP) is 4.75. The van der Waals surface area contributed by atoms with Gasteiger partial charge in [-0.2, -0.15) is 4.31 Å². The van der Waals surface area contributed by atoms with Crippen LogP contribution in [0, 0.1) is 18.8 Å². The SMILES string of the molecule is Cc1c(Cl)cccc1S(=O)(=O)N1CCC(C2C=CCC(Cl)=C2)CC1. The molecular formula is C18H21Cl2NO2S. The molecule has 1 heterocycles. The largest absolute Gasteiger partial charge is 0.243 e. The third-order valence-corrected chi connectivity index (χ3v) is 7.66. The molecule has 1 atom stereocenters. The quantitative estimate of drug-likeness (QED) is 0.704. The first kappa shape index (κ1) is 18.0. The number of hydrogen-bond acceptors (Lipinski definition) is 2. The van der Waals surface area contributed by atoms with Crippen LogP contribution in [0.25, 0.3) is 0 Å². The van der Waals surface area contributed by atoms with Crippen molar-refractivity contribution >= 4 is 33.2 Å². The van der Waals surface area contributed by atoms with Crippen LogP contribution >= 0.6 is 23.2 Å². The zero-order chi connectivity index (χ0) is 17.3. The first-order valence-corrected chi connectivity index (χ1v) is 10.4. The lowest BCUT2D eigenvalue weighted by Gasteiger charge is -2.34. The molecule has 0 N–H and O–H groups in total. The van der Waals surface area contributed by atoms with Crippen molar-refractivity contribution in [3.8, 4) is 0 Å². The van der Waals surface area contributed by atoms with E-state index in [1.165, 1.54) is 0 Å². The van der Waals surface area contributed by atoms with E-state index in [1.807, 2.05) is 0 Å². The van der Waals surface area contributed by atoms with Gasteiger partial charge in [0.05, 0.1) is 4.90 Å². The molecule has 0 bridgehead atoms. The van der Waals surface area contributed by atoms with Gasteiger partial charge in [-0.1, -0.05) is 47.5 Å². The number of sulfonamides is 1. The predicted molar refractivity (Wildman–Crippen MR) is 98.9 cm³/mol. The number of rotatable bonds is 3. The topological polar surface area (TPSA) is 37.4 Å². The van der Waals surface area contributed by atoms with Gasteiger partial charge in [0.2, 0.25) is 10.0 Å². The number of hydrogen-bond donors (Lipinski definition) is 0. The highest BCUT2D eigenvalue weighted by Gasteiger charge is 2.32. The van der Waals surface area contributed by atoms with Gasteiger partial charge >= 0.3 is 0 Å². The van der Waals surface area contributed by atoms with Crippen LogP contribution in [0.15, 0.2) is 46.4 Å². The van der Waals surface area contributed by atoms with Crippen molar-refractivity contribution in [1.29, 1.82) is 0 Å². The van der Waals surface area contributed by atoms with E-state index in [4.69, 9.17) is 23.2 Å². The Morgan fingerprint density at radius 2 is 1.88 bits per heavy atom. The molecular weight excluding hydrogens is 365 g/mol. The summed E-state index contributed by atoms with van der Waals surface area (Å²) >= 11 is 12.2. The molecule has 0 spiro atoms. The Balaban J connectivity index is 1.73. The summed E-state index contributed by atoms with van der Waals surface area (Å²) in [6.07, 6.45) is 8.90. The Bertz CT molecular complexity index is 778. The fourth-order valence-corrected chi connectivity index (χ4v) is 5.65.